The Hall–Kier alpha value is -3.37. The van der Waals surface area contributed by atoms with Gasteiger partial charge in [0.2, 0.25) is 0 Å². The van der Waals surface area contributed by atoms with Gasteiger partial charge in [-0.3, -0.25) is 9.36 Å². The summed E-state index contributed by atoms with van der Waals surface area (Å²) in [5.74, 6) is 0.321. The van der Waals surface area contributed by atoms with Crippen LogP contribution in [0.3, 0.4) is 0 Å². The number of thiazole rings is 1. The van der Waals surface area contributed by atoms with Crippen LogP contribution in [-0.4, -0.2) is 24.3 Å². The number of benzene rings is 2. The SMILES string of the molecule is CCOC(=O)C1=C(C)N=c2s/c(=C\c3cc(Cl)c(OCc4cccc(Cl)c4)c(OC)c3)c(=O)n2[C@H]1c1cccs1. The maximum Gasteiger partial charge on any atom is 0.338 e. The topological polar surface area (TPSA) is 79.1 Å². The Labute approximate surface area is 248 Å². The summed E-state index contributed by atoms with van der Waals surface area (Å²) < 4.78 is 18.8. The smallest absolute Gasteiger partial charge is 0.338 e. The highest BCUT2D eigenvalue weighted by atomic mass is 35.5. The van der Waals surface area contributed by atoms with Crippen molar-refractivity contribution in [3.05, 3.63) is 111 Å². The van der Waals surface area contributed by atoms with Crippen molar-refractivity contribution in [3.63, 3.8) is 0 Å². The van der Waals surface area contributed by atoms with Gasteiger partial charge in [-0.15, -0.1) is 11.3 Å². The van der Waals surface area contributed by atoms with Crippen molar-refractivity contribution in [2.45, 2.75) is 26.5 Å². The molecule has 7 nitrogen and oxygen atoms in total. The van der Waals surface area contributed by atoms with Gasteiger partial charge in [-0.05, 0) is 66.8 Å². The fraction of sp³-hybridized carbons (Fsp3) is 0.207. The minimum atomic E-state index is -0.627. The molecule has 1 aliphatic rings. The van der Waals surface area contributed by atoms with E-state index in [1.807, 2.05) is 35.7 Å². The van der Waals surface area contributed by atoms with Crippen molar-refractivity contribution < 1.29 is 19.0 Å². The lowest BCUT2D eigenvalue weighted by atomic mass is 10.0. The lowest BCUT2D eigenvalue weighted by molar-refractivity contribution is -0.139. The van der Waals surface area contributed by atoms with Crippen molar-refractivity contribution in [1.29, 1.82) is 0 Å². The van der Waals surface area contributed by atoms with Crippen LogP contribution in [0.15, 0.2) is 75.0 Å². The maximum atomic E-state index is 13.8. The number of esters is 1. The van der Waals surface area contributed by atoms with Crippen molar-refractivity contribution in [2.75, 3.05) is 13.7 Å². The molecule has 0 N–H and O–H groups in total. The molecule has 11 heteroatoms. The normalized spacial score (nSPS) is 15.0. The standard InChI is InChI=1S/C29H24Cl2N2O5S2/c1-4-37-28(35)24-16(2)32-29-33(25(24)22-9-6-10-39-22)27(34)23(40-29)14-18-12-20(31)26(21(13-18)36-3)38-15-17-7-5-8-19(30)11-17/h5-14,25H,4,15H2,1-3H3/b23-14-/t25-/m0/s1. The molecule has 1 aliphatic heterocycles. The van der Waals surface area contributed by atoms with Crippen molar-refractivity contribution in [3.8, 4) is 11.5 Å². The van der Waals surface area contributed by atoms with Crippen LogP contribution in [0.1, 0.15) is 35.9 Å². The number of thiophene rings is 1. The van der Waals surface area contributed by atoms with Crippen LogP contribution in [0.2, 0.25) is 10.0 Å². The summed E-state index contributed by atoms with van der Waals surface area (Å²) in [6.07, 6.45) is 1.73. The fourth-order valence-electron chi connectivity index (χ4n) is 4.40. The van der Waals surface area contributed by atoms with Gasteiger partial charge in [-0.1, -0.05) is 52.7 Å². The summed E-state index contributed by atoms with van der Waals surface area (Å²) in [5, 5.41) is 2.85. The van der Waals surface area contributed by atoms with E-state index < -0.39 is 12.0 Å². The molecule has 40 heavy (non-hydrogen) atoms. The van der Waals surface area contributed by atoms with Crippen molar-refractivity contribution in [1.82, 2.24) is 4.57 Å². The van der Waals surface area contributed by atoms with Crippen LogP contribution in [0.4, 0.5) is 0 Å². The van der Waals surface area contributed by atoms with E-state index in [4.69, 9.17) is 37.4 Å². The number of allylic oxidation sites excluding steroid dienone is 1. The number of carbonyl (C=O) groups is 1. The molecule has 206 valence electrons. The van der Waals surface area contributed by atoms with Crippen LogP contribution in [0.25, 0.3) is 6.08 Å². The summed E-state index contributed by atoms with van der Waals surface area (Å²) in [7, 11) is 1.52. The number of fused-ring (bicyclic) bond motifs is 1. The first-order valence-corrected chi connectivity index (χ1v) is 14.7. The first kappa shape index (κ1) is 28.2. The average molecular weight is 616 g/mol. The summed E-state index contributed by atoms with van der Waals surface area (Å²) in [4.78, 5) is 32.6. The third-order valence-electron chi connectivity index (χ3n) is 6.15. The first-order valence-electron chi connectivity index (χ1n) is 12.3. The number of nitrogens with zero attached hydrogens (tertiary/aromatic N) is 2. The highest BCUT2D eigenvalue weighted by Gasteiger charge is 2.33. The van der Waals surface area contributed by atoms with Gasteiger partial charge in [0.25, 0.3) is 5.56 Å². The van der Waals surface area contributed by atoms with Gasteiger partial charge in [0.05, 0.1) is 34.5 Å². The Morgan fingerprint density at radius 2 is 2.00 bits per heavy atom. The molecule has 0 radical (unpaired) electrons. The van der Waals surface area contributed by atoms with Crippen LogP contribution in [0, 0.1) is 0 Å². The number of hydrogen-bond donors (Lipinski definition) is 0. The molecule has 0 bridgehead atoms. The average Bonchev–Trinajstić information content (AvgIpc) is 3.55. The van der Waals surface area contributed by atoms with Crippen LogP contribution in [0.5, 0.6) is 11.5 Å². The summed E-state index contributed by atoms with van der Waals surface area (Å²) in [5.41, 5.74) is 2.14. The molecule has 5 rings (SSSR count). The number of hydrogen-bond acceptors (Lipinski definition) is 8. The van der Waals surface area contributed by atoms with Crippen LogP contribution < -0.4 is 24.4 Å². The number of aromatic nitrogens is 1. The Bertz CT molecular complexity index is 1790. The van der Waals surface area contributed by atoms with E-state index in [1.54, 1.807) is 42.7 Å². The lowest BCUT2D eigenvalue weighted by Gasteiger charge is -2.23. The quantitative estimate of drug-likeness (QED) is 0.236. The molecular formula is C29H24Cl2N2O5S2. The Morgan fingerprint density at radius 3 is 2.70 bits per heavy atom. The molecule has 1 atom stereocenters. The van der Waals surface area contributed by atoms with Crippen molar-refractivity contribution in [2.24, 2.45) is 4.99 Å². The van der Waals surface area contributed by atoms with E-state index in [0.29, 0.717) is 47.7 Å². The van der Waals surface area contributed by atoms with E-state index in [2.05, 4.69) is 4.99 Å². The fourth-order valence-corrected chi connectivity index (χ4v) is 6.76. The van der Waals surface area contributed by atoms with E-state index >= 15 is 0 Å². The third-order valence-corrected chi connectivity index (χ3v) is 8.57. The molecule has 2 aromatic heterocycles. The monoisotopic (exact) mass is 614 g/mol. The zero-order valence-electron chi connectivity index (χ0n) is 21.8. The Balaban J connectivity index is 1.55. The second-order valence-corrected chi connectivity index (χ2v) is 11.6. The van der Waals surface area contributed by atoms with Gasteiger partial charge in [-0.25, -0.2) is 9.79 Å². The largest absolute Gasteiger partial charge is 0.493 e. The van der Waals surface area contributed by atoms with Crippen LogP contribution >= 0.6 is 45.9 Å². The molecule has 0 spiro atoms. The molecule has 2 aromatic carbocycles. The number of carbonyl (C=O) groups excluding carboxylic acids is 1. The summed E-state index contributed by atoms with van der Waals surface area (Å²) in [6, 6.07) is 14.0. The number of ether oxygens (including phenoxy) is 3. The second kappa shape index (κ2) is 12.0. The van der Waals surface area contributed by atoms with Crippen LogP contribution in [-0.2, 0) is 16.1 Å². The van der Waals surface area contributed by atoms with Gasteiger partial charge in [0, 0.05) is 9.90 Å². The molecule has 0 saturated carbocycles. The van der Waals surface area contributed by atoms with Gasteiger partial charge in [-0.2, -0.15) is 0 Å². The zero-order chi connectivity index (χ0) is 28.4. The van der Waals surface area contributed by atoms with E-state index in [-0.39, 0.29) is 18.8 Å². The minimum Gasteiger partial charge on any atom is -0.493 e. The maximum absolute atomic E-state index is 13.8. The van der Waals surface area contributed by atoms with Gasteiger partial charge < -0.3 is 14.2 Å². The molecule has 0 aliphatic carbocycles. The third kappa shape index (κ3) is 5.60. The minimum absolute atomic E-state index is 0.221. The van der Waals surface area contributed by atoms with Crippen molar-refractivity contribution >= 4 is 57.9 Å². The van der Waals surface area contributed by atoms with Gasteiger partial charge in [0.15, 0.2) is 16.3 Å². The Morgan fingerprint density at radius 1 is 1.18 bits per heavy atom. The zero-order valence-corrected chi connectivity index (χ0v) is 24.9. The number of rotatable bonds is 8. The predicted octanol–water partition coefficient (Wildman–Crippen LogP) is 5.75. The molecule has 4 aromatic rings. The van der Waals surface area contributed by atoms with E-state index in [9.17, 15) is 9.59 Å². The van der Waals surface area contributed by atoms with E-state index in [1.165, 1.54) is 29.8 Å². The van der Waals surface area contributed by atoms with E-state index in [0.717, 1.165) is 10.4 Å². The molecule has 0 amide bonds. The highest BCUT2D eigenvalue weighted by Crippen LogP contribution is 2.37. The molecule has 3 heterocycles. The summed E-state index contributed by atoms with van der Waals surface area (Å²) in [6.45, 7) is 3.98. The highest BCUT2D eigenvalue weighted by molar-refractivity contribution is 7.10. The summed E-state index contributed by atoms with van der Waals surface area (Å²) >= 11 is 15.4. The Kier molecular flexibility index (Phi) is 8.46. The number of halogens is 2. The molecule has 0 saturated heterocycles. The van der Waals surface area contributed by atoms with Gasteiger partial charge in [0.1, 0.15) is 12.6 Å². The number of methoxy groups -OCH3 is 1. The molecule has 0 unspecified atom stereocenters. The predicted molar refractivity (Wildman–Crippen MR) is 159 cm³/mol. The van der Waals surface area contributed by atoms with Gasteiger partial charge >= 0.3 is 5.97 Å². The lowest BCUT2D eigenvalue weighted by Crippen LogP contribution is -2.39. The molecular weight excluding hydrogens is 591 g/mol. The molecule has 0 fully saturated rings. The second-order valence-electron chi connectivity index (χ2n) is 8.77. The first-order chi connectivity index (χ1) is 19.3.